The van der Waals surface area contributed by atoms with Crippen molar-refractivity contribution in [2.45, 2.75) is 6.61 Å². The molecule has 0 aliphatic rings. The molecule has 0 spiro atoms. The largest absolute Gasteiger partial charge is 0.493 e. The van der Waals surface area contributed by atoms with E-state index in [1.165, 1.54) is 13.2 Å². The van der Waals surface area contributed by atoms with E-state index >= 15 is 0 Å². The van der Waals surface area contributed by atoms with Crippen molar-refractivity contribution in [1.82, 2.24) is 0 Å². The molecule has 0 atom stereocenters. The van der Waals surface area contributed by atoms with Crippen LogP contribution in [0.4, 0.5) is 4.39 Å². The summed E-state index contributed by atoms with van der Waals surface area (Å²) in [6.45, 7) is 0.216. The molecule has 3 aromatic carbocycles. The van der Waals surface area contributed by atoms with Crippen LogP contribution >= 0.6 is 0 Å². The molecule has 0 fully saturated rings. The Morgan fingerprint density at radius 2 is 1.76 bits per heavy atom. The third kappa shape index (κ3) is 4.61. The Labute approximate surface area is 168 Å². The third-order valence-corrected chi connectivity index (χ3v) is 4.30. The zero-order valence-electron chi connectivity index (χ0n) is 15.7. The molecule has 0 bridgehead atoms. The van der Waals surface area contributed by atoms with Gasteiger partial charge < -0.3 is 9.47 Å². The number of methoxy groups -OCH3 is 1. The quantitative estimate of drug-likeness (QED) is 0.424. The van der Waals surface area contributed by atoms with E-state index in [-0.39, 0.29) is 17.7 Å². The van der Waals surface area contributed by atoms with Crippen molar-refractivity contribution in [3.63, 3.8) is 0 Å². The van der Waals surface area contributed by atoms with Crippen molar-refractivity contribution in [2.24, 2.45) is 0 Å². The summed E-state index contributed by atoms with van der Waals surface area (Å²) < 4.78 is 25.2. The number of hydrogen-bond acceptors (Lipinski definition) is 4. The van der Waals surface area contributed by atoms with Crippen molar-refractivity contribution >= 4 is 11.6 Å². The van der Waals surface area contributed by atoms with E-state index in [1.54, 1.807) is 54.6 Å². The maximum absolute atomic E-state index is 14.0. The van der Waals surface area contributed by atoms with Gasteiger partial charge in [0.2, 0.25) is 0 Å². The lowest BCUT2D eigenvalue weighted by Gasteiger charge is -2.12. The van der Waals surface area contributed by atoms with Crippen LogP contribution in [0.15, 0.2) is 66.7 Å². The average molecular weight is 384 g/mol. The van der Waals surface area contributed by atoms with Gasteiger partial charge in [0.1, 0.15) is 12.4 Å². The number of nitrogens with zero attached hydrogens (tertiary/aromatic N) is 2. The predicted molar refractivity (Wildman–Crippen MR) is 108 cm³/mol. The smallest absolute Gasteiger partial charge is 0.161 e. The summed E-state index contributed by atoms with van der Waals surface area (Å²) in [4.78, 5) is 0. The van der Waals surface area contributed by atoms with E-state index < -0.39 is 5.82 Å². The molecule has 0 unspecified atom stereocenters. The van der Waals surface area contributed by atoms with Crippen LogP contribution in [0, 0.1) is 28.5 Å². The second-order valence-electron chi connectivity index (χ2n) is 6.12. The van der Waals surface area contributed by atoms with E-state index in [9.17, 15) is 14.9 Å². The van der Waals surface area contributed by atoms with Crippen LogP contribution < -0.4 is 9.47 Å². The highest BCUT2D eigenvalue weighted by Crippen LogP contribution is 2.31. The van der Waals surface area contributed by atoms with Crippen LogP contribution in [0.5, 0.6) is 11.5 Å². The maximum atomic E-state index is 14.0. The summed E-state index contributed by atoms with van der Waals surface area (Å²) in [7, 11) is 1.51. The fourth-order valence-electron chi connectivity index (χ4n) is 2.82. The van der Waals surface area contributed by atoms with Gasteiger partial charge in [0, 0.05) is 11.1 Å². The van der Waals surface area contributed by atoms with Crippen molar-refractivity contribution < 1.29 is 13.9 Å². The monoisotopic (exact) mass is 384 g/mol. The zero-order valence-corrected chi connectivity index (χ0v) is 15.7. The van der Waals surface area contributed by atoms with Gasteiger partial charge in [-0.3, -0.25) is 0 Å². The highest BCUT2D eigenvalue weighted by Gasteiger charge is 2.10. The minimum absolute atomic E-state index is 0.210. The van der Waals surface area contributed by atoms with Crippen LogP contribution in [0.3, 0.4) is 0 Å². The van der Waals surface area contributed by atoms with Gasteiger partial charge in [-0.25, -0.2) is 4.39 Å². The molecule has 0 N–H and O–H groups in total. The van der Waals surface area contributed by atoms with Crippen LogP contribution in [-0.2, 0) is 6.61 Å². The Bertz CT molecular complexity index is 1140. The Morgan fingerprint density at radius 3 is 2.48 bits per heavy atom. The van der Waals surface area contributed by atoms with Gasteiger partial charge in [-0.2, -0.15) is 10.5 Å². The summed E-state index contributed by atoms with van der Waals surface area (Å²) in [5.74, 6) is 0.518. The van der Waals surface area contributed by atoms with Crippen LogP contribution in [-0.4, -0.2) is 7.11 Å². The first-order valence-corrected chi connectivity index (χ1v) is 8.82. The summed E-state index contributed by atoms with van der Waals surface area (Å²) in [6, 6.07) is 22.7. The first-order chi connectivity index (χ1) is 14.2. The first-order valence-electron chi connectivity index (χ1n) is 8.82. The number of halogens is 1. The number of rotatable bonds is 6. The lowest BCUT2D eigenvalue weighted by atomic mass is 10.0. The summed E-state index contributed by atoms with van der Waals surface area (Å²) in [5.41, 5.74) is 2.44. The summed E-state index contributed by atoms with van der Waals surface area (Å²) in [6.07, 6.45) is 1.59. The molecule has 4 nitrogen and oxygen atoms in total. The fraction of sp³-hybridized carbons (Fsp3) is 0.0833. The van der Waals surface area contributed by atoms with Crippen LogP contribution in [0.1, 0.15) is 22.3 Å². The zero-order chi connectivity index (χ0) is 20.6. The molecule has 0 saturated heterocycles. The van der Waals surface area contributed by atoms with Crippen LogP contribution in [0.25, 0.3) is 11.6 Å². The third-order valence-electron chi connectivity index (χ3n) is 4.30. The van der Waals surface area contributed by atoms with Gasteiger partial charge >= 0.3 is 0 Å². The standard InChI is InChI=1S/C24H17FN2O2/c1-28-24-13-17(12-20(15-27)21-8-4-5-9-22(21)25)10-11-23(24)29-16-19-7-3-2-6-18(19)14-26/h2-13H,16H2,1H3/b20-12-. The molecule has 0 amide bonds. The van der Waals surface area contributed by atoms with E-state index in [0.29, 0.717) is 22.6 Å². The lowest BCUT2D eigenvalue weighted by Crippen LogP contribution is -2.00. The molecule has 3 aromatic rings. The minimum Gasteiger partial charge on any atom is -0.493 e. The van der Waals surface area contributed by atoms with Gasteiger partial charge in [0.05, 0.1) is 30.4 Å². The molecule has 0 aromatic heterocycles. The Morgan fingerprint density at radius 1 is 1.00 bits per heavy atom. The van der Waals surface area contributed by atoms with E-state index in [0.717, 1.165) is 5.56 Å². The molecule has 0 aliphatic heterocycles. The summed E-state index contributed by atoms with van der Waals surface area (Å²) >= 11 is 0. The van der Waals surface area contributed by atoms with Crippen molar-refractivity contribution in [2.75, 3.05) is 7.11 Å². The van der Waals surface area contributed by atoms with Gasteiger partial charge in [-0.05, 0) is 35.9 Å². The van der Waals surface area contributed by atoms with Gasteiger partial charge in [-0.1, -0.05) is 42.5 Å². The van der Waals surface area contributed by atoms with Gasteiger partial charge in [0.15, 0.2) is 11.5 Å². The molecular formula is C24H17FN2O2. The molecule has 0 heterocycles. The van der Waals surface area contributed by atoms with Crippen molar-refractivity contribution in [1.29, 1.82) is 10.5 Å². The highest BCUT2D eigenvalue weighted by atomic mass is 19.1. The molecule has 29 heavy (non-hydrogen) atoms. The number of benzene rings is 3. The molecule has 5 heteroatoms. The molecule has 0 radical (unpaired) electrons. The fourth-order valence-corrected chi connectivity index (χ4v) is 2.82. The maximum Gasteiger partial charge on any atom is 0.161 e. The number of ether oxygens (including phenoxy) is 2. The molecule has 0 aliphatic carbocycles. The lowest BCUT2D eigenvalue weighted by molar-refractivity contribution is 0.284. The van der Waals surface area contributed by atoms with E-state index in [4.69, 9.17) is 9.47 Å². The SMILES string of the molecule is COc1cc(/C=C(/C#N)c2ccccc2F)ccc1OCc1ccccc1C#N. The average Bonchev–Trinajstić information content (AvgIpc) is 2.77. The molecule has 0 saturated carbocycles. The summed E-state index contributed by atoms with van der Waals surface area (Å²) in [5, 5.41) is 18.6. The highest BCUT2D eigenvalue weighted by molar-refractivity contribution is 5.90. The Balaban J connectivity index is 1.86. The number of hydrogen-bond donors (Lipinski definition) is 0. The van der Waals surface area contributed by atoms with Crippen LogP contribution in [0.2, 0.25) is 0 Å². The topological polar surface area (TPSA) is 66.0 Å². The second-order valence-corrected chi connectivity index (χ2v) is 6.12. The number of nitriles is 2. The van der Waals surface area contributed by atoms with Gasteiger partial charge in [0.25, 0.3) is 0 Å². The predicted octanol–water partition coefficient (Wildman–Crippen LogP) is 5.35. The van der Waals surface area contributed by atoms with Gasteiger partial charge in [-0.15, -0.1) is 0 Å². The Hall–Kier alpha value is -4.09. The van der Waals surface area contributed by atoms with Crippen molar-refractivity contribution in [3.8, 4) is 23.6 Å². The van der Waals surface area contributed by atoms with E-state index in [1.807, 2.05) is 18.2 Å². The Kier molecular flexibility index (Phi) is 6.25. The second kappa shape index (κ2) is 9.21. The molecule has 142 valence electrons. The first kappa shape index (κ1) is 19.7. The minimum atomic E-state index is -0.455. The number of allylic oxidation sites excluding steroid dienone is 1. The van der Waals surface area contributed by atoms with Crippen molar-refractivity contribution in [3.05, 3.63) is 94.8 Å². The van der Waals surface area contributed by atoms with E-state index in [2.05, 4.69) is 6.07 Å². The molecular weight excluding hydrogens is 367 g/mol. The normalized spacial score (nSPS) is 10.7. The molecule has 3 rings (SSSR count).